The molecule has 0 atom stereocenters. The maximum Gasteiger partial charge on any atom is 0.451 e. The predicted molar refractivity (Wildman–Crippen MR) is 86.8 cm³/mol. The Hall–Kier alpha value is -2.42. The standard InChI is InChI=1S/C16H18F3N5O/c17-16(18,19)15-22-12-4-2-1-3-11(12)14(23-15)21-10-5-7-24(8-6-10)9-13(20)25/h1-4,10H,5-9H2,(H2,20,25)(H,21,22,23). The van der Waals surface area contributed by atoms with Gasteiger partial charge < -0.3 is 11.1 Å². The second-order valence-electron chi connectivity index (χ2n) is 6.07. The maximum atomic E-state index is 13.0. The molecule has 0 saturated carbocycles. The zero-order valence-corrected chi connectivity index (χ0v) is 13.4. The average molecular weight is 353 g/mol. The van der Waals surface area contributed by atoms with Crippen LogP contribution in [0.4, 0.5) is 19.0 Å². The summed E-state index contributed by atoms with van der Waals surface area (Å²) in [4.78, 5) is 20.2. The predicted octanol–water partition coefficient (Wildman–Crippen LogP) is 2.01. The van der Waals surface area contributed by atoms with Crippen LogP contribution in [0.1, 0.15) is 18.7 Å². The Morgan fingerprint density at radius 3 is 2.56 bits per heavy atom. The molecule has 134 valence electrons. The molecule has 1 aromatic carbocycles. The lowest BCUT2D eigenvalue weighted by molar-refractivity contribution is -0.144. The number of hydrogen-bond acceptors (Lipinski definition) is 5. The highest BCUT2D eigenvalue weighted by Crippen LogP contribution is 2.31. The summed E-state index contributed by atoms with van der Waals surface area (Å²) in [5, 5.41) is 3.67. The molecule has 0 aliphatic carbocycles. The van der Waals surface area contributed by atoms with E-state index >= 15 is 0 Å². The van der Waals surface area contributed by atoms with Crippen LogP contribution >= 0.6 is 0 Å². The van der Waals surface area contributed by atoms with Gasteiger partial charge in [0.2, 0.25) is 11.7 Å². The highest BCUT2D eigenvalue weighted by Gasteiger charge is 2.35. The summed E-state index contributed by atoms with van der Waals surface area (Å²) >= 11 is 0. The van der Waals surface area contributed by atoms with Gasteiger partial charge >= 0.3 is 6.18 Å². The summed E-state index contributed by atoms with van der Waals surface area (Å²) in [5.41, 5.74) is 5.43. The number of alkyl halides is 3. The smallest absolute Gasteiger partial charge is 0.369 e. The first-order chi connectivity index (χ1) is 11.8. The summed E-state index contributed by atoms with van der Waals surface area (Å²) in [7, 11) is 0. The van der Waals surface area contributed by atoms with Crippen molar-refractivity contribution in [2.24, 2.45) is 5.73 Å². The fraction of sp³-hybridized carbons (Fsp3) is 0.438. The quantitative estimate of drug-likeness (QED) is 0.878. The summed E-state index contributed by atoms with van der Waals surface area (Å²) < 4.78 is 39.1. The molecule has 1 aliphatic heterocycles. The number of nitrogens with one attached hydrogen (secondary N) is 1. The molecule has 0 unspecified atom stereocenters. The van der Waals surface area contributed by atoms with Crippen LogP contribution in [0.3, 0.4) is 0 Å². The fourth-order valence-corrected chi connectivity index (χ4v) is 2.96. The van der Waals surface area contributed by atoms with Crippen molar-refractivity contribution in [1.29, 1.82) is 0 Å². The second kappa shape index (κ2) is 6.83. The lowest BCUT2D eigenvalue weighted by Crippen LogP contribution is -2.43. The molecule has 1 aromatic heterocycles. The first-order valence-electron chi connectivity index (χ1n) is 7.94. The van der Waals surface area contributed by atoms with Crippen LogP contribution in [0, 0.1) is 0 Å². The van der Waals surface area contributed by atoms with Crippen molar-refractivity contribution in [1.82, 2.24) is 14.9 Å². The first kappa shape index (κ1) is 17.4. The number of amides is 1. The number of carbonyl (C=O) groups is 1. The van der Waals surface area contributed by atoms with Crippen molar-refractivity contribution >= 4 is 22.6 Å². The third-order valence-electron chi connectivity index (χ3n) is 4.16. The Morgan fingerprint density at radius 2 is 1.92 bits per heavy atom. The van der Waals surface area contributed by atoms with E-state index in [-0.39, 0.29) is 29.8 Å². The molecule has 1 fully saturated rings. The number of para-hydroxylation sites is 1. The number of halogens is 3. The molecule has 3 rings (SSSR count). The van der Waals surface area contributed by atoms with Gasteiger partial charge in [0, 0.05) is 24.5 Å². The number of anilines is 1. The number of rotatable bonds is 4. The Bertz CT molecular complexity index is 772. The Morgan fingerprint density at radius 1 is 1.24 bits per heavy atom. The number of carbonyl (C=O) groups excluding carboxylic acids is 1. The topological polar surface area (TPSA) is 84.1 Å². The van der Waals surface area contributed by atoms with Crippen molar-refractivity contribution in [3.05, 3.63) is 30.1 Å². The number of hydrogen-bond donors (Lipinski definition) is 2. The molecule has 6 nitrogen and oxygen atoms in total. The number of benzene rings is 1. The number of nitrogens with zero attached hydrogens (tertiary/aromatic N) is 3. The second-order valence-corrected chi connectivity index (χ2v) is 6.07. The van der Waals surface area contributed by atoms with Gasteiger partial charge in [-0.1, -0.05) is 12.1 Å². The first-order valence-corrected chi connectivity index (χ1v) is 7.94. The van der Waals surface area contributed by atoms with Crippen molar-refractivity contribution in [2.75, 3.05) is 25.0 Å². The Kier molecular flexibility index (Phi) is 4.76. The lowest BCUT2D eigenvalue weighted by atomic mass is 10.0. The van der Waals surface area contributed by atoms with Crippen molar-refractivity contribution < 1.29 is 18.0 Å². The highest BCUT2D eigenvalue weighted by molar-refractivity contribution is 5.89. The van der Waals surface area contributed by atoms with Crippen molar-refractivity contribution in [3.63, 3.8) is 0 Å². The lowest BCUT2D eigenvalue weighted by Gasteiger charge is -2.32. The number of likely N-dealkylation sites (tertiary alicyclic amines) is 1. The minimum atomic E-state index is -4.61. The van der Waals surface area contributed by atoms with Gasteiger partial charge in [-0.05, 0) is 25.0 Å². The summed E-state index contributed by atoms with van der Waals surface area (Å²) in [6.45, 7) is 1.49. The molecule has 3 N–H and O–H groups in total. The van der Waals surface area contributed by atoms with E-state index in [2.05, 4.69) is 15.3 Å². The van der Waals surface area contributed by atoms with Gasteiger partial charge in [0.1, 0.15) is 5.82 Å². The summed E-state index contributed by atoms with van der Waals surface area (Å²) in [5.74, 6) is -1.35. The van der Waals surface area contributed by atoms with Crippen molar-refractivity contribution in [2.45, 2.75) is 25.1 Å². The monoisotopic (exact) mass is 353 g/mol. The number of nitrogens with two attached hydrogens (primary N) is 1. The molecule has 25 heavy (non-hydrogen) atoms. The zero-order chi connectivity index (χ0) is 18.0. The van der Waals surface area contributed by atoms with Crippen LogP contribution < -0.4 is 11.1 Å². The van der Waals surface area contributed by atoms with Crippen LogP contribution in [0.2, 0.25) is 0 Å². The number of aromatic nitrogens is 2. The van der Waals surface area contributed by atoms with Gasteiger partial charge in [-0.2, -0.15) is 13.2 Å². The third kappa shape index (κ3) is 4.16. The van der Waals surface area contributed by atoms with Crippen LogP contribution in [0.5, 0.6) is 0 Å². The van der Waals surface area contributed by atoms with E-state index in [9.17, 15) is 18.0 Å². The van der Waals surface area contributed by atoms with Gasteiger partial charge in [0.15, 0.2) is 0 Å². The van der Waals surface area contributed by atoms with Gasteiger partial charge in [0.05, 0.1) is 12.1 Å². The molecular weight excluding hydrogens is 335 g/mol. The molecule has 1 aliphatic rings. The van der Waals surface area contributed by atoms with Gasteiger partial charge in [-0.15, -0.1) is 0 Å². The molecular formula is C16H18F3N5O. The molecule has 1 saturated heterocycles. The van der Waals surface area contributed by atoms with E-state index in [1.54, 1.807) is 18.2 Å². The molecule has 9 heteroatoms. The Labute approximate surface area is 142 Å². The maximum absolute atomic E-state index is 13.0. The van der Waals surface area contributed by atoms with Crippen LogP contribution in [0.15, 0.2) is 24.3 Å². The van der Waals surface area contributed by atoms with Crippen LogP contribution in [-0.4, -0.2) is 46.5 Å². The van der Waals surface area contributed by atoms with E-state index in [0.717, 1.165) is 0 Å². The molecule has 0 radical (unpaired) electrons. The number of piperidine rings is 1. The van der Waals surface area contributed by atoms with E-state index < -0.39 is 12.0 Å². The normalized spacial score (nSPS) is 16.9. The number of fused-ring (bicyclic) bond motifs is 1. The summed E-state index contributed by atoms with van der Waals surface area (Å²) in [6.07, 6.45) is -3.23. The largest absolute Gasteiger partial charge is 0.451 e. The molecule has 0 spiro atoms. The highest BCUT2D eigenvalue weighted by atomic mass is 19.4. The van der Waals surface area contributed by atoms with Gasteiger partial charge in [-0.25, -0.2) is 9.97 Å². The molecule has 0 bridgehead atoms. The zero-order valence-electron chi connectivity index (χ0n) is 13.4. The fourth-order valence-electron chi connectivity index (χ4n) is 2.96. The Balaban J connectivity index is 1.80. The van der Waals surface area contributed by atoms with Crippen LogP contribution in [-0.2, 0) is 11.0 Å². The minimum absolute atomic E-state index is 0.0245. The average Bonchev–Trinajstić information content (AvgIpc) is 2.55. The summed E-state index contributed by atoms with van der Waals surface area (Å²) in [6, 6.07) is 6.58. The van der Waals surface area contributed by atoms with E-state index in [4.69, 9.17) is 5.73 Å². The molecule has 1 amide bonds. The molecule has 2 heterocycles. The SMILES string of the molecule is NC(=O)CN1CCC(Nc2nc(C(F)(F)F)nc3ccccc23)CC1. The minimum Gasteiger partial charge on any atom is -0.369 e. The van der Waals surface area contributed by atoms with Crippen LogP contribution in [0.25, 0.3) is 10.9 Å². The van der Waals surface area contributed by atoms with E-state index in [1.807, 2.05) is 4.90 Å². The van der Waals surface area contributed by atoms with Gasteiger partial charge in [-0.3, -0.25) is 9.69 Å². The number of primary amides is 1. The van der Waals surface area contributed by atoms with Gasteiger partial charge in [0.25, 0.3) is 0 Å². The third-order valence-corrected chi connectivity index (χ3v) is 4.16. The van der Waals surface area contributed by atoms with Crippen molar-refractivity contribution in [3.8, 4) is 0 Å². The molecule has 2 aromatic rings. The van der Waals surface area contributed by atoms with E-state index in [1.165, 1.54) is 6.07 Å². The van der Waals surface area contributed by atoms with E-state index in [0.29, 0.717) is 31.3 Å².